The SMILES string of the molecule is NS(=O)(=O)c1ccc(-c2c(-c3cc(Cl)cc(Cl)c3)noc2C(F)F)cc1F. The van der Waals surface area contributed by atoms with E-state index in [1.807, 2.05) is 0 Å². The molecule has 11 heteroatoms. The molecule has 3 rings (SSSR count). The summed E-state index contributed by atoms with van der Waals surface area (Å²) in [6, 6.07) is 7.01. The van der Waals surface area contributed by atoms with Crippen molar-refractivity contribution >= 4 is 33.2 Å². The summed E-state index contributed by atoms with van der Waals surface area (Å²) in [5.41, 5.74) is -0.0997. The van der Waals surface area contributed by atoms with Crippen LogP contribution in [0.1, 0.15) is 12.2 Å². The fraction of sp³-hybridized carbons (Fsp3) is 0.0625. The third kappa shape index (κ3) is 3.96. The maximum Gasteiger partial charge on any atom is 0.298 e. The lowest BCUT2D eigenvalue weighted by molar-refractivity contribution is 0.113. The van der Waals surface area contributed by atoms with E-state index in [1.54, 1.807) is 0 Å². The number of alkyl halides is 2. The van der Waals surface area contributed by atoms with Crippen molar-refractivity contribution in [2.45, 2.75) is 11.3 Å². The van der Waals surface area contributed by atoms with Crippen LogP contribution in [0.3, 0.4) is 0 Å². The predicted octanol–water partition coefficient (Wildman–Crippen LogP) is 5.04. The number of nitrogens with zero attached hydrogens (tertiary/aromatic N) is 1. The van der Waals surface area contributed by atoms with Crippen molar-refractivity contribution in [1.29, 1.82) is 0 Å². The standard InChI is InChI=1S/C16H9Cl2F3N2O3S/c17-9-3-8(4-10(18)6-9)14-13(15(16(20)21)26-23-14)7-1-2-12(11(19)5-7)27(22,24)25/h1-6,16H,(H2,22,24,25). The van der Waals surface area contributed by atoms with Crippen molar-refractivity contribution in [2.75, 3.05) is 0 Å². The zero-order chi connectivity index (χ0) is 19.9. The highest BCUT2D eigenvalue weighted by Crippen LogP contribution is 2.40. The number of halogens is 5. The lowest BCUT2D eigenvalue weighted by atomic mass is 9.99. The highest BCUT2D eigenvalue weighted by atomic mass is 35.5. The lowest BCUT2D eigenvalue weighted by Gasteiger charge is -2.07. The van der Waals surface area contributed by atoms with Crippen LogP contribution in [0.4, 0.5) is 13.2 Å². The predicted molar refractivity (Wildman–Crippen MR) is 93.7 cm³/mol. The van der Waals surface area contributed by atoms with E-state index >= 15 is 0 Å². The van der Waals surface area contributed by atoms with Crippen LogP contribution in [-0.2, 0) is 10.0 Å². The summed E-state index contributed by atoms with van der Waals surface area (Å²) in [6.07, 6.45) is -3.06. The molecule has 0 aliphatic carbocycles. The Morgan fingerprint density at radius 1 is 1.04 bits per heavy atom. The molecule has 0 spiro atoms. The second kappa shape index (κ2) is 7.16. The Kier molecular flexibility index (Phi) is 5.22. The van der Waals surface area contributed by atoms with E-state index < -0.39 is 32.9 Å². The third-order valence-electron chi connectivity index (χ3n) is 3.58. The first-order valence-electron chi connectivity index (χ1n) is 7.15. The average molecular weight is 437 g/mol. The van der Waals surface area contributed by atoms with Crippen LogP contribution in [0, 0.1) is 5.82 Å². The van der Waals surface area contributed by atoms with Crippen molar-refractivity contribution in [3.05, 3.63) is 58.0 Å². The maximum atomic E-state index is 14.2. The molecule has 0 amide bonds. The molecular weight excluding hydrogens is 428 g/mol. The minimum absolute atomic E-state index is 0.0579. The van der Waals surface area contributed by atoms with Crippen molar-refractivity contribution in [1.82, 2.24) is 5.16 Å². The van der Waals surface area contributed by atoms with E-state index in [9.17, 15) is 21.6 Å². The summed E-state index contributed by atoms with van der Waals surface area (Å²) >= 11 is 11.9. The Labute approximate surface area is 161 Å². The van der Waals surface area contributed by atoms with E-state index in [0.29, 0.717) is 0 Å². The molecule has 0 radical (unpaired) electrons. The van der Waals surface area contributed by atoms with Crippen molar-refractivity contribution < 1.29 is 26.1 Å². The van der Waals surface area contributed by atoms with Gasteiger partial charge in [-0.15, -0.1) is 0 Å². The minimum Gasteiger partial charge on any atom is -0.354 e. The van der Waals surface area contributed by atoms with Gasteiger partial charge in [0.15, 0.2) is 0 Å². The molecule has 0 unspecified atom stereocenters. The molecule has 1 heterocycles. The second-order valence-corrected chi connectivity index (χ2v) is 7.82. The normalized spacial score (nSPS) is 12.0. The molecule has 0 fully saturated rings. The summed E-state index contributed by atoms with van der Waals surface area (Å²) in [7, 11) is -4.32. The topological polar surface area (TPSA) is 86.2 Å². The zero-order valence-corrected chi connectivity index (χ0v) is 15.4. The maximum absolute atomic E-state index is 14.2. The number of nitrogens with two attached hydrogens (primary N) is 1. The number of rotatable bonds is 4. The van der Waals surface area contributed by atoms with Gasteiger partial charge in [0.2, 0.25) is 15.8 Å². The Morgan fingerprint density at radius 3 is 2.19 bits per heavy atom. The highest BCUT2D eigenvalue weighted by Gasteiger charge is 2.27. The van der Waals surface area contributed by atoms with Crippen LogP contribution < -0.4 is 5.14 Å². The first kappa shape index (κ1) is 19.7. The van der Waals surface area contributed by atoms with E-state index in [2.05, 4.69) is 5.16 Å². The average Bonchev–Trinajstić information content (AvgIpc) is 2.97. The van der Waals surface area contributed by atoms with Gasteiger partial charge in [0.05, 0.1) is 5.56 Å². The van der Waals surface area contributed by atoms with Crippen molar-refractivity contribution in [2.24, 2.45) is 5.14 Å². The molecule has 0 atom stereocenters. The van der Waals surface area contributed by atoms with Crippen LogP contribution in [0.2, 0.25) is 10.0 Å². The Balaban J connectivity index is 2.26. The molecule has 0 aliphatic heterocycles. The van der Waals surface area contributed by atoms with E-state index in [0.717, 1.165) is 18.2 Å². The minimum atomic E-state index is -4.32. The number of hydrogen-bond acceptors (Lipinski definition) is 4. The van der Waals surface area contributed by atoms with Gasteiger partial charge in [-0.25, -0.2) is 26.7 Å². The van der Waals surface area contributed by atoms with Gasteiger partial charge >= 0.3 is 0 Å². The van der Waals surface area contributed by atoms with E-state index in [1.165, 1.54) is 18.2 Å². The highest BCUT2D eigenvalue weighted by molar-refractivity contribution is 7.89. The molecular formula is C16H9Cl2F3N2O3S. The Hall–Kier alpha value is -2.07. The van der Waals surface area contributed by atoms with Gasteiger partial charge in [0, 0.05) is 15.6 Å². The molecule has 27 heavy (non-hydrogen) atoms. The summed E-state index contributed by atoms with van der Waals surface area (Å²) < 4.78 is 68.4. The molecule has 142 valence electrons. The van der Waals surface area contributed by atoms with Gasteiger partial charge < -0.3 is 4.52 Å². The van der Waals surface area contributed by atoms with Gasteiger partial charge in [0.25, 0.3) is 6.43 Å². The Morgan fingerprint density at radius 2 is 1.67 bits per heavy atom. The molecule has 1 aromatic heterocycles. The van der Waals surface area contributed by atoms with E-state index in [-0.39, 0.29) is 32.4 Å². The first-order valence-corrected chi connectivity index (χ1v) is 9.45. The van der Waals surface area contributed by atoms with Crippen LogP contribution in [-0.4, -0.2) is 13.6 Å². The monoisotopic (exact) mass is 436 g/mol. The summed E-state index contributed by atoms with van der Waals surface area (Å²) in [4.78, 5) is -0.770. The van der Waals surface area contributed by atoms with Crippen molar-refractivity contribution in [3.63, 3.8) is 0 Å². The van der Waals surface area contributed by atoms with Crippen LogP contribution in [0.15, 0.2) is 45.8 Å². The summed E-state index contributed by atoms with van der Waals surface area (Å²) in [6.45, 7) is 0. The number of benzene rings is 2. The first-order chi connectivity index (χ1) is 12.6. The number of aromatic nitrogens is 1. The van der Waals surface area contributed by atoms with Crippen LogP contribution in [0.25, 0.3) is 22.4 Å². The van der Waals surface area contributed by atoms with Crippen LogP contribution in [0.5, 0.6) is 0 Å². The van der Waals surface area contributed by atoms with Gasteiger partial charge in [-0.2, -0.15) is 0 Å². The summed E-state index contributed by atoms with van der Waals surface area (Å²) in [5, 5.41) is 8.99. The lowest BCUT2D eigenvalue weighted by Crippen LogP contribution is -2.14. The molecule has 3 aromatic rings. The fourth-order valence-corrected chi connectivity index (χ4v) is 3.62. The summed E-state index contributed by atoms with van der Waals surface area (Å²) in [5.74, 6) is -2.02. The third-order valence-corrected chi connectivity index (χ3v) is 4.96. The van der Waals surface area contributed by atoms with Crippen molar-refractivity contribution in [3.8, 4) is 22.4 Å². The van der Waals surface area contributed by atoms with Gasteiger partial charge in [0.1, 0.15) is 16.4 Å². The largest absolute Gasteiger partial charge is 0.354 e. The number of sulfonamides is 1. The molecule has 5 nitrogen and oxygen atoms in total. The molecule has 0 aliphatic rings. The molecule has 2 N–H and O–H groups in total. The molecule has 0 bridgehead atoms. The molecule has 0 saturated heterocycles. The van der Waals surface area contributed by atoms with Gasteiger partial charge in [-0.05, 0) is 35.9 Å². The Bertz CT molecular complexity index is 1110. The van der Waals surface area contributed by atoms with Gasteiger partial charge in [-0.1, -0.05) is 34.4 Å². The zero-order valence-electron chi connectivity index (χ0n) is 13.1. The molecule has 2 aromatic carbocycles. The fourth-order valence-electron chi connectivity index (χ4n) is 2.51. The second-order valence-electron chi connectivity index (χ2n) is 5.42. The smallest absolute Gasteiger partial charge is 0.298 e. The van der Waals surface area contributed by atoms with E-state index in [4.69, 9.17) is 32.9 Å². The quantitative estimate of drug-likeness (QED) is 0.620. The van der Waals surface area contributed by atoms with Gasteiger partial charge in [-0.3, -0.25) is 0 Å². The molecule has 0 saturated carbocycles. The number of primary sulfonamides is 1. The number of hydrogen-bond donors (Lipinski definition) is 1. The van der Waals surface area contributed by atoms with Crippen LogP contribution >= 0.6 is 23.2 Å².